The molecule has 1 aromatic rings. The van der Waals surface area contributed by atoms with Crippen LogP contribution in [0.2, 0.25) is 0 Å². The van der Waals surface area contributed by atoms with Gasteiger partial charge in [-0.15, -0.1) is 0 Å². The van der Waals surface area contributed by atoms with Crippen molar-refractivity contribution in [2.24, 2.45) is 0 Å². The molecule has 1 saturated carbocycles. The molecule has 1 aliphatic heterocycles. The van der Waals surface area contributed by atoms with Gasteiger partial charge in [-0.25, -0.2) is 0 Å². The first-order chi connectivity index (χ1) is 7.86. The van der Waals surface area contributed by atoms with Crippen molar-refractivity contribution in [2.45, 2.75) is 31.7 Å². The van der Waals surface area contributed by atoms with Gasteiger partial charge in [0.05, 0.1) is 11.4 Å². The Morgan fingerprint density at radius 1 is 1.25 bits per heavy atom. The second kappa shape index (κ2) is 3.81. The predicted octanol–water partition coefficient (Wildman–Crippen LogP) is 2.39. The molecule has 16 heavy (non-hydrogen) atoms. The third kappa shape index (κ3) is 1.66. The SMILES string of the molecule is O=C1CCCNc2ccccc2N1C1CC1. The number of hydrogen-bond acceptors (Lipinski definition) is 2. The van der Waals surface area contributed by atoms with Gasteiger partial charge in [0, 0.05) is 19.0 Å². The number of benzene rings is 1. The molecule has 1 N–H and O–H groups in total. The smallest absolute Gasteiger partial charge is 0.227 e. The molecule has 0 atom stereocenters. The molecule has 2 aliphatic rings. The number of amides is 1. The van der Waals surface area contributed by atoms with Gasteiger partial charge in [-0.3, -0.25) is 4.79 Å². The van der Waals surface area contributed by atoms with Gasteiger partial charge in [0.1, 0.15) is 0 Å². The Kier molecular flexibility index (Phi) is 2.31. The first kappa shape index (κ1) is 9.70. The summed E-state index contributed by atoms with van der Waals surface area (Å²) in [6.45, 7) is 0.890. The number of carbonyl (C=O) groups excluding carboxylic acids is 1. The summed E-state index contributed by atoms with van der Waals surface area (Å²) in [6, 6.07) is 8.58. The van der Waals surface area contributed by atoms with Crippen LogP contribution in [0.15, 0.2) is 24.3 Å². The molecule has 0 spiro atoms. The van der Waals surface area contributed by atoms with Gasteiger partial charge in [-0.05, 0) is 31.4 Å². The van der Waals surface area contributed by atoms with Gasteiger partial charge in [0.2, 0.25) is 5.91 Å². The summed E-state index contributed by atoms with van der Waals surface area (Å²) in [4.78, 5) is 14.1. The summed E-state index contributed by atoms with van der Waals surface area (Å²) in [6.07, 6.45) is 3.90. The Hall–Kier alpha value is -1.51. The zero-order valence-corrected chi connectivity index (χ0v) is 9.28. The Balaban J connectivity index is 2.03. The van der Waals surface area contributed by atoms with Crippen molar-refractivity contribution in [3.63, 3.8) is 0 Å². The highest BCUT2D eigenvalue weighted by atomic mass is 16.2. The van der Waals surface area contributed by atoms with Crippen LogP contribution >= 0.6 is 0 Å². The predicted molar refractivity (Wildman–Crippen MR) is 64.7 cm³/mol. The van der Waals surface area contributed by atoms with Gasteiger partial charge in [0.15, 0.2) is 0 Å². The summed E-state index contributed by atoms with van der Waals surface area (Å²) >= 11 is 0. The zero-order chi connectivity index (χ0) is 11.0. The average Bonchev–Trinajstić information content (AvgIpc) is 3.08. The first-order valence-corrected chi connectivity index (χ1v) is 6.01. The van der Waals surface area contributed by atoms with Crippen molar-refractivity contribution >= 4 is 17.3 Å². The van der Waals surface area contributed by atoms with Crippen molar-refractivity contribution in [3.05, 3.63) is 24.3 Å². The number of carbonyl (C=O) groups is 1. The molecule has 1 heterocycles. The van der Waals surface area contributed by atoms with E-state index in [-0.39, 0.29) is 5.91 Å². The summed E-state index contributed by atoms with van der Waals surface area (Å²) in [5.74, 6) is 0.288. The normalized spacial score (nSPS) is 20.8. The van der Waals surface area contributed by atoms with Crippen molar-refractivity contribution in [2.75, 3.05) is 16.8 Å². The third-order valence-electron chi connectivity index (χ3n) is 3.23. The van der Waals surface area contributed by atoms with Crippen molar-refractivity contribution in [1.29, 1.82) is 0 Å². The molecule has 0 bridgehead atoms. The maximum atomic E-state index is 12.1. The van der Waals surface area contributed by atoms with Crippen LogP contribution in [0.1, 0.15) is 25.7 Å². The number of hydrogen-bond donors (Lipinski definition) is 1. The second-order valence-corrected chi connectivity index (χ2v) is 4.54. The van der Waals surface area contributed by atoms with Gasteiger partial charge in [0.25, 0.3) is 0 Å². The van der Waals surface area contributed by atoms with Gasteiger partial charge in [-0.1, -0.05) is 12.1 Å². The number of anilines is 2. The lowest BCUT2D eigenvalue weighted by molar-refractivity contribution is -0.118. The van der Waals surface area contributed by atoms with Crippen molar-refractivity contribution < 1.29 is 4.79 Å². The fourth-order valence-electron chi connectivity index (χ4n) is 2.28. The van der Waals surface area contributed by atoms with Crippen LogP contribution in [0.25, 0.3) is 0 Å². The van der Waals surface area contributed by atoms with Gasteiger partial charge >= 0.3 is 0 Å². The third-order valence-corrected chi connectivity index (χ3v) is 3.23. The van der Waals surface area contributed by atoms with E-state index in [1.807, 2.05) is 23.1 Å². The van der Waals surface area contributed by atoms with E-state index in [9.17, 15) is 4.79 Å². The maximum absolute atomic E-state index is 12.1. The molecule has 1 aromatic carbocycles. The molecule has 3 heteroatoms. The minimum absolute atomic E-state index is 0.288. The highest BCUT2D eigenvalue weighted by Crippen LogP contribution is 2.37. The van der Waals surface area contributed by atoms with Crippen LogP contribution in [0.4, 0.5) is 11.4 Å². The van der Waals surface area contributed by atoms with Crippen molar-refractivity contribution in [3.8, 4) is 0 Å². The van der Waals surface area contributed by atoms with Gasteiger partial charge < -0.3 is 10.2 Å². The molecule has 0 radical (unpaired) electrons. The first-order valence-electron chi connectivity index (χ1n) is 6.01. The topological polar surface area (TPSA) is 32.3 Å². The molecular weight excluding hydrogens is 200 g/mol. The van der Waals surface area contributed by atoms with Crippen molar-refractivity contribution in [1.82, 2.24) is 0 Å². The number of nitrogens with zero attached hydrogens (tertiary/aromatic N) is 1. The fraction of sp³-hybridized carbons (Fsp3) is 0.462. The Morgan fingerprint density at radius 3 is 2.88 bits per heavy atom. The largest absolute Gasteiger partial charge is 0.383 e. The van der Waals surface area contributed by atoms with E-state index >= 15 is 0 Å². The standard InChI is InChI=1S/C13H16N2O/c16-13-6-3-9-14-11-4-1-2-5-12(11)15(13)10-7-8-10/h1-2,4-5,10,14H,3,6-9H2. The molecule has 3 rings (SSSR count). The molecule has 84 valence electrons. The van der Waals surface area contributed by atoms with Gasteiger partial charge in [-0.2, -0.15) is 0 Å². The highest BCUT2D eigenvalue weighted by molar-refractivity contribution is 5.98. The minimum atomic E-state index is 0.288. The Labute approximate surface area is 95.4 Å². The molecule has 0 saturated heterocycles. The quantitative estimate of drug-likeness (QED) is 0.781. The Morgan fingerprint density at radius 2 is 2.06 bits per heavy atom. The fourth-order valence-corrected chi connectivity index (χ4v) is 2.28. The molecule has 1 fully saturated rings. The van der Waals surface area contributed by atoms with Crippen LogP contribution in [0.3, 0.4) is 0 Å². The Bertz CT molecular complexity index is 412. The lowest BCUT2D eigenvalue weighted by Crippen LogP contribution is -2.35. The molecule has 1 aliphatic carbocycles. The summed E-state index contributed by atoms with van der Waals surface area (Å²) in [5.41, 5.74) is 2.16. The number of para-hydroxylation sites is 2. The molecule has 0 unspecified atom stereocenters. The van der Waals surface area contributed by atoms with E-state index < -0.39 is 0 Å². The van der Waals surface area contributed by atoms with Crippen LogP contribution in [0.5, 0.6) is 0 Å². The van der Waals surface area contributed by atoms with Crippen LogP contribution in [0, 0.1) is 0 Å². The number of fused-ring (bicyclic) bond motifs is 1. The lowest BCUT2D eigenvalue weighted by Gasteiger charge is -2.27. The van der Waals surface area contributed by atoms with E-state index in [2.05, 4.69) is 11.4 Å². The van der Waals surface area contributed by atoms with Crippen LogP contribution in [-0.4, -0.2) is 18.5 Å². The summed E-state index contributed by atoms with van der Waals surface area (Å²) in [5, 5.41) is 3.40. The summed E-state index contributed by atoms with van der Waals surface area (Å²) in [7, 11) is 0. The molecule has 1 amide bonds. The van der Waals surface area contributed by atoms with E-state index in [0.29, 0.717) is 12.5 Å². The van der Waals surface area contributed by atoms with Crippen LogP contribution in [-0.2, 0) is 4.79 Å². The van der Waals surface area contributed by atoms with E-state index in [1.165, 1.54) is 0 Å². The lowest BCUT2D eigenvalue weighted by atomic mass is 10.1. The van der Waals surface area contributed by atoms with E-state index in [4.69, 9.17) is 0 Å². The average molecular weight is 216 g/mol. The maximum Gasteiger partial charge on any atom is 0.227 e. The van der Waals surface area contributed by atoms with E-state index in [0.717, 1.165) is 37.2 Å². The zero-order valence-electron chi connectivity index (χ0n) is 9.28. The minimum Gasteiger partial charge on any atom is -0.383 e. The van der Waals surface area contributed by atoms with Crippen LogP contribution < -0.4 is 10.2 Å². The molecule has 0 aromatic heterocycles. The number of rotatable bonds is 1. The second-order valence-electron chi connectivity index (χ2n) is 4.54. The summed E-state index contributed by atoms with van der Waals surface area (Å²) < 4.78 is 0. The molecular formula is C13H16N2O. The highest BCUT2D eigenvalue weighted by Gasteiger charge is 2.34. The molecule has 3 nitrogen and oxygen atoms in total. The van der Waals surface area contributed by atoms with E-state index in [1.54, 1.807) is 0 Å². The number of nitrogens with one attached hydrogen (secondary N) is 1. The monoisotopic (exact) mass is 216 g/mol.